The van der Waals surface area contributed by atoms with E-state index < -0.39 is 0 Å². The van der Waals surface area contributed by atoms with Crippen molar-refractivity contribution < 1.29 is 5.11 Å². The van der Waals surface area contributed by atoms with E-state index in [0.29, 0.717) is 0 Å². The molecule has 1 atom stereocenters. The van der Waals surface area contributed by atoms with Crippen LogP contribution in [-0.4, -0.2) is 29.6 Å². The van der Waals surface area contributed by atoms with Crippen molar-refractivity contribution in [2.24, 2.45) is 0 Å². The van der Waals surface area contributed by atoms with E-state index in [1.165, 1.54) is 36.5 Å². The maximum atomic E-state index is 10.6. The molecule has 0 saturated heterocycles. The maximum Gasteiger partial charge on any atom is 0.0802 e. The van der Waals surface area contributed by atoms with Crippen LogP contribution < -0.4 is 0 Å². The molecule has 0 amide bonds. The van der Waals surface area contributed by atoms with E-state index in [4.69, 9.17) is 0 Å². The highest BCUT2D eigenvalue weighted by Crippen LogP contribution is 2.22. The van der Waals surface area contributed by atoms with Crippen molar-refractivity contribution in [2.75, 3.05) is 19.6 Å². The molecule has 0 aliphatic heterocycles. The summed E-state index contributed by atoms with van der Waals surface area (Å²) in [6.07, 6.45) is 5.40. The van der Waals surface area contributed by atoms with Crippen LogP contribution in [0.1, 0.15) is 57.6 Å². The Kier molecular flexibility index (Phi) is 7.57. The summed E-state index contributed by atoms with van der Waals surface area (Å²) < 4.78 is 0. The minimum atomic E-state index is -0.370. The van der Waals surface area contributed by atoms with Crippen LogP contribution >= 0.6 is 0 Å². The van der Waals surface area contributed by atoms with Crippen molar-refractivity contribution in [2.45, 2.75) is 52.1 Å². The first kappa shape index (κ1) is 18.0. The maximum absolute atomic E-state index is 10.6. The number of aliphatic hydroxyl groups is 1. The summed E-state index contributed by atoms with van der Waals surface area (Å²) in [5, 5.41) is 13.0. The van der Waals surface area contributed by atoms with Gasteiger partial charge in [-0.25, -0.2) is 0 Å². The fraction of sp³-hybridized carbons (Fsp3) is 0.524. The molecule has 0 radical (unpaired) electrons. The van der Waals surface area contributed by atoms with Crippen molar-refractivity contribution in [3.63, 3.8) is 0 Å². The number of aliphatic hydroxyl groups excluding tert-OH is 1. The Balaban J connectivity index is 1.93. The first-order valence-electron chi connectivity index (χ1n) is 9.13. The zero-order valence-corrected chi connectivity index (χ0v) is 14.7. The topological polar surface area (TPSA) is 23.5 Å². The average molecular weight is 313 g/mol. The molecule has 2 aromatic rings. The summed E-state index contributed by atoms with van der Waals surface area (Å²) in [6, 6.07) is 14.6. The summed E-state index contributed by atoms with van der Waals surface area (Å²) in [4.78, 5) is 2.51. The van der Waals surface area contributed by atoms with Gasteiger partial charge in [-0.2, -0.15) is 0 Å². The van der Waals surface area contributed by atoms with Gasteiger partial charge in [-0.1, -0.05) is 63.1 Å². The Morgan fingerprint density at radius 3 is 2.17 bits per heavy atom. The van der Waals surface area contributed by atoms with Crippen LogP contribution in [0.25, 0.3) is 10.8 Å². The van der Waals surface area contributed by atoms with Gasteiger partial charge in [0.2, 0.25) is 0 Å². The summed E-state index contributed by atoms with van der Waals surface area (Å²) in [7, 11) is 0. The second kappa shape index (κ2) is 9.69. The van der Waals surface area contributed by atoms with E-state index in [9.17, 15) is 5.11 Å². The fourth-order valence-corrected chi connectivity index (χ4v) is 2.99. The quantitative estimate of drug-likeness (QED) is 0.654. The Morgan fingerprint density at radius 2 is 1.52 bits per heavy atom. The number of unbranched alkanes of at least 4 members (excludes halogenated alkanes) is 2. The van der Waals surface area contributed by atoms with Gasteiger partial charge >= 0.3 is 0 Å². The third-order valence-electron chi connectivity index (χ3n) is 4.53. The van der Waals surface area contributed by atoms with Crippen LogP contribution in [0.15, 0.2) is 42.5 Å². The molecule has 2 nitrogen and oxygen atoms in total. The van der Waals surface area contributed by atoms with Crippen LogP contribution in [-0.2, 0) is 0 Å². The number of hydrogen-bond acceptors (Lipinski definition) is 2. The zero-order valence-electron chi connectivity index (χ0n) is 14.7. The average Bonchev–Trinajstić information content (AvgIpc) is 2.60. The van der Waals surface area contributed by atoms with E-state index in [2.05, 4.69) is 61.2 Å². The van der Waals surface area contributed by atoms with E-state index in [1.807, 2.05) is 0 Å². The molecular weight excluding hydrogens is 282 g/mol. The second-order valence-corrected chi connectivity index (χ2v) is 6.46. The molecule has 0 unspecified atom stereocenters. The molecular formula is C21H31NO. The van der Waals surface area contributed by atoms with Gasteiger partial charge in [-0.15, -0.1) is 0 Å². The number of rotatable bonds is 10. The van der Waals surface area contributed by atoms with Crippen molar-refractivity contribution in [1.29, 1.82) is 0 Å². The lowest BCUT2D eigenvalue weighted by molar-refractivity contribution is 0.140. The first-order valence-corrected chi connectivity index (χ1v) is 9.13. The summed E-state index contributed by atoms with van der Waals surface area (Å²) >= 11 is 0. The normalized spacial score (nSPS) is 12.9. The molecule has 0 aliphatic rings. The van der Waals surface area contributed by atoms with Gasteiger partial charge in [-0.3, -0.25) is 0 Å². The molecule has 0 fully saturated rings. The predicted octanol–water partition coefficient (Wildman–Crippen LogP) is 5.17. The standard InChI is InChI=1S/C21H31NO/c1-3-5-14-22(15-6-4-2)16-13-21(23)20-12-11-18-9-7-8-10-19(18)17-20/h7-12,17,21,23H,3-6,13-16H2,1-2H3/t21-/m1/s1. The largest absolute Gasteiger partial charge is 0.388 e. The van der Waals surface area contributed by atoms with Gasteiger partial charge in [0.1, 0.15) is 0 Å². The number of hydrogen-bond donors (Lipinski definition) is 1. The van der Waals surface area contributed by atoms with Crippen LogP contribution in [0.2, 0.25) is 0 Å². The first-order chi connectivity index (χ1) is 11.2. The van der Waals surface area contributed by atoms with Gasteiger partial charge in [-0.05, 0) is 54.8 Å². The third kappa shape index (κ3) is 5.63. The SMILES string of the molecule is CCCCN(CCCC)CC[C@@H](O)c1ccc2ccccc2c1. The molecule has 2 heteroatoms. The Hall–Kier alpha value is -1.38. The van der Waals surface area contributed by atoms with Crippen molar-refractivity contribution in [3.8, 4) is 0 Å². The number of benzene rings is 2. The molecule has 2 aromatic carbocycles. The van der Waals surface area contributed by atoms with Crippen molar-refractivity contribution in [1.82, 2.24) is 4.90 Å². The summed E-state index contributed by atoms with van der Waals surface area (Å²) in [6.45, 7) is 7.76. The molecule has 0 saturated carbocycles. The van der Waals surface area contributed by atoms with Gasteiger partial charge in [0, 0.05) is 6.54 Å². The number of nitrogens with zero attached hydrogens (tertiary/aromatic N) is 1. The minimum absolute atomic E-state index is 0.370. The van der Waals surface area contributed by atoms with Gasteiger partial charge in [0.25, 0.3) is 0 Å². The highest BCUT2D eigenvalue weighted by atomic mass is 16.3. The predicted molar refractivity (Wildman–Crippen MR) is 99.8 cm³/mol. The molecule has 0 aliphatic carbocycles. The van der Waals surface area contributed by atoms with Crippen LogP contribution in [0.5, 0.6) is 0 Å². The monoisotopic (exact) mass is 313 g/mol. The molecule has 0 spiro atoms. The van der Waals surface area contributed by atoms with E-state index in [1.54, 1.807) is 0 Å². The Bertz CT molecular complexity index is 573. The summed E-state index contributed by atoms with van der Waals surface area (Å²) in [5.74, 6) is 0. The van der Waals surface area contributed by atoms with Gasteiger partial charge in [0.05, 0.1) is 6.10 Å². The van der Waals surface area contributed by atoms with E-state index in [-0.39, 0.29) is 6.10 Å². The third-order valence-corrected chi connectivity index (χ3v) is 4.53. The van der Waals surface area contributed by atoms with Crippen LogP contribution in [0, 0.1) is 0 Å². The fourth-order valence-electron chi connectivity index (χ4n) is 2.99. The highest BCUT2D eigenvalue weighted by molar-refractivity contribution is 5.83. The molecule has 1 N–H and O–H groups in total. The summed E-state index contributed by atoms with van der Waals surface area (Å²) in [5.41, 5.74) is 1.04. The Morgan fingerprint density at radius 1 is 0.870 bits per heavy atom. The highest BCUT2D eigenvalue weighted by Gasteiger charge is 2.11. The lowest BCUT2D eigenvalue weighted by Gasteiger charge is -2.23. The van der Waals surface area contributed by atoms with Crippen LogP contribution in [0.3, 0.4) is 0 Å². The second-order valence-electron chi connectivity index (χ2n) is 6.46. The molecule has 23 heavy (non-hydrogen) atoms. The van der Waals surface area contributed by atoms with E-state index >= 15 is 0 Å². The van der Waals surface area contributed by atoms with Crippen molar-refractivity contribution >= 4 is 10.8 Å². The van der Waals surface area contributed by atoms with Gasteiger partial charge < -0.3 is 10.0 Å². The van der Waals surface area contributed by atoms with E-state index in [0.717, 1.165) is 31.6 Å². The molecule has 126 valence electrons. The zero-order chi connectivity index (χ0) is 16.5. The lowest BCUT2D eigenvalue weighted by Crippen LogP contribution is -2.28. The number of fused-ring (bicyclic) bond motifs is 1. The Labute approximate surface area is 141 Å². The lowest BCUT2D eigenvalue weighted by atomic mass is 10.0. The van der Waals surface area contributed by atoms with Crippen LogP contribution in [0.4, 0.5) is 0 Å². The molecule has 0 bridgehead atoms. The minimum Gasteiger partial charge on any atom is -0.388 e. The molecule has 2 rings (SSSR count). The van der Waals surface area contributed by atoms with Crippen molar-refractivity contribution in [3.05, 3.63) is 48.0 Å². The molecule has 0 heterocycles. The van der Waals surface area contributed by atoms with Gasteiger partial charge in [0.15, 0.2) is 0 Å². The smallest absolute Gasteiger partial charge is 0.0802 e. The molecule has 0 aromatic heterocycles.